The summed E-state index contributed by atoms with van der Waals surface area (Å²) < 4.78 is 36.6. The Hall–Kier alpha value is -3.80. The third-order valence-electron chi connectivity index (χ3n) is 6.45. The molecule has 1 fully saturated rings. The van der Waals surface area contributed by atoms with Crippen molar-refractivity contribution in [3.8, 4) is 16.9 Å². The molecular weight excluding hydrogens is 496 g/mol. The number of nitrogens with zero attached hydrogens (tertiary/aromatic N) is 4. The second-order valence-corrected chi connectivity index (χ2v) is 9.64. The second kappa shape index (κ2) is 10.7. The number of nitrogen functional groups attached to an aromatic ring is 1. The molecule has 0 unspecified atom stereocenters. The van der Waals surface area contributed by atoms with Crippen LogP contribution < -0.4 is 27.2 Å². The Morgan fingerprint density at radius 1 is 1.14 bits per heavy atom. The lowest BCUT2D eigenvalue weighted by Crippen LogP contribution is -2.40. The number of fused-ring (bicyclic) bond motifs is 1. The van der Waals surface area contributed by atoms with Crippen molar-refractivity contribution in [3.63, 3.8) is 0 Å². The van der Waals surface area contributed by atoms with Gasteiger partial charge < -0.3 is 16.3 Å². The molecule has 11 heteroatoms. The molecule has 2 aromatic heterocycles. The van der Waals surface area contributed by atoms with Crippen molar-refractivity contribution in [2.24, 2.45) is 16.8 Å². The Morgan fingerprint density at radius 2 is 1.92 bits per heavy atom. The van der Waals surface area contributed by atoms with E-state index in [1.165, 1.54) is 12.1 Å². The Kier molecular flexibility index (Phi) is 7.17. The fourth-order valence-corrected chi connectivity index (χ4v) is 5.46. The van der Waals surface area contributed by atoms with Gasteiger partial charge in [-0.05, 0) is 55.6 Å². The smallest absolute Gasteiger partial charge is 0.202 e. The predicted molar refractivity (Wildman–Crippen MR) is 144 cm³/mol. The summed E-state index contributed by atoms with van der Waals surface area (Å²) in [4.78, 5) is 6.50. The number of hydrogen-bond donors (Lipinski definition) is 3. The second-order valence-electron chi connectivity index (χ2n) is 8.73. The van der Waals surface area contributed by atoms with Crippen LogP contribution in [0.25, 0.3) is 21.2 Å². The third-order valence-corrected chi connectivity index (χ3v) is 7.42. The summed E-state index contributed by atoms with van der Waals surface area (Å²) in [5, 5.41) is 7.66. The maximum atomic E-state index is 15.1. The quantitative estimate of drug-likeness (QED) is 0.143. The molecule has 0 atom stereocenters. The summed E-state index contributed by atoms with van der Waals surface area (Å²) in [6.07, 6.45) is 3.92. The first-order valence-corrected chi connectivity index (χ1v) is 12.7. The van der Waals surface area contributed by atoms with Gasteiger partial charge in [-0.3, -0.25) is 9.91 Å². The van der Waals surface area contributed by atoms with Crippen LogP contribution in [0.4, 0.5) is 20.3 Å². The molecule has 37 heavy (non-hydrogen) atoms. The van der Waals surface area contributed by atoms with Crippen LogP contribution in [-0.4, -0.2) is 42.0 Å². The molecule has 0 radical (unpaired) electrons. The Morgan fingerprint density at radius 3 is 2.70 bits per heavy atom. The summed E-state index contributed by atoms with van der Waals surface area (Å²) in [5.41, 5.74) is 7.83. The average molecular weight is 524 g/mol. The highest BCUT2D eigenvalue weighted by Crippen LogP contribution is 2.35. The number of rotatable bonds is 7. The molecule has 2 aromatic carbocycles. The summed E-state index contributed by atoms with van der Waals surface area (Å²) in [6, 6.07) is 12.3. The minimum atomic E-state index is -1.19. The van der Waals surface area contributed by atoms with Gasteiger partial charge in [-0.25, -0.2) is 15.2 Å². The number of halogens is 2. The fraction of sp³-hybridized carbons (Fsp3) is 0.231. The molecule has 192 valence electrons. The number of hydrogen-bond acceptors (Lipinski definition) is 8. The normalized spacial score (nSPS) is 14.4. The maximum absolute atomic E-state index is 15.1. The van der Waals surface area contributed by atoms with Gasteiger partial charge in [-0.1, -0.05) is 18.2 Å². The van der Waals surface area contributed by atoms with Gasteiger partial charge in [0.05, 0.1) is 11.3 Å². The van der Waals surface area contributed by atoms with Crippen molar-refractivity contribution in [1.82, 2.24) is 9.88 Å². The zero-order valence-corrected chi connectivity index (χ0v) is 20.8. The van der Waals surface area contributed by atoms with E-state index in [1.807, 2.05) is 29.6 Å². The minimum Gasteiger partial charge on any atom is -0.489 e. The highest BCUT2D eigenvalue weighted by Gasteiger charge is 2.24. The number of hydrazone groups is 1. The molecule has 0 saturated carbocycles. The van der Waals surface area contributed by atoms with E-state index in [-0.39, 0.29) is 35.3 Å². The zero-order chi connectivity index (χ0) is 25.9. The monoisotopic (exact) mass is 523 g/mol. The molecule has 0 amide bonds. The number of amidine groups is 1. The van der Waals surface area contributed by atoms with Crippen molar-refractivity contribution in [1.29, 1.82) is 0 Å². The lowest BCUT2D eigenvalue weighted by molar-refractivity contribution is 0.229. The number of likely N-dealkylation sites (tertiary alicyclic amines) is 1. The molecule has 0 spiro atoms. The predicted octanol–water partition coefficient (Wildman–Crippen LogP) is 4.30. The van der Waals surface area contributed by atoms with Crippen LogP contribution in [0.15, 0.2) is 59.1 Å². The summed E-state index contributed by atoms with van der Waals surface area (Å²) in [6.45, 7) is 2.89. The Balaban J connectivity index is 1.41. The summed E-state index contributed by atoms with van der Waals surface area (Å²) in [5.74, 6) is 9.35. The first-order valence-electron chi connectivity index (χ1n) is 11.9. The van der Waals surface area contributed by atoms with Gasteiger partial charge in [-0.15, -0.1) is 11.3 Å². The standard InChI is InChI=1S/C26H27F2N7OS/c27-23-20(7-8-21(24(23)28)36-12-11-34-9-3-4-10-34)35(31)26(33-30)18-13-16(14-32-25(18)29)19-15-37-22-6-2-1-5-17(19)22/h1-2,5-8,13-15H,3-4,9-12,30-31H2,(H2,29,32)/b33-26-. The van der Waals surface area contributed by atoms with Crippen molar-refractivity contribution >= 4 is 38.8 Å². The SMILES string of the molecule is N/N=C(/c1cc(-c2csc3ccccc23)cnc1N)N(N)c1ccc(OCCN2CCCC2)c(F)c1F. The van der Waals surface area contributed by atoms with Crippen molar-refractivity contribution in [2.45, 2.75) is 12.8 Å². The van der Waals surface area contributed by atoms with E-state index in [2.05, 4.69) is 15.0 Å². The molecule has 4 aromatic rings. The minimum absolute atomic E-state index is 0.0765. The van der Waals surface area contributed by atoms with E-state index in [9.17, 15) is 4.39 Å². The van der Waals surface area contributed by atoms with Gasteiger partial charge in [-0.2, -0.15) is 9.49 Å². The maximum Gasteiger partial charge on any atom is 0.202 e. The van der Waals surface area contributed by atoms with Gasteiger partial charge in [0.2, 0.25) is 5.82 Å². The van der Waals surface area contributed by atoms with Crippen molar-refractivity contribution in [3.05, 3.63) is 71.2 Å². The molecule has 1 aliphatic rings. The molecule has 0 bridgehead atoms. The number of pyridine rings is 1. The van der Waals surface area contributed by atoms with Gasteiger partial charge in [0, 0.05) is 34.0 Å². The van der Waals surface area contributed by atoms with Crippen LogP contribution in [0.1, 0.15) is 18.4 Å². The van der Waals surface area contributed by atoms with E-state index in [4.69, 9.17) is 22.2 Å². The number of nitrogens with two attached hydrogens (primary N) is 3. The number of hydrazine groups is 1. The first-order chi connectivity index (χ1) is 18.0. The van der Waals surface area contributed by atoms with Crippen molar-refractivity contribution < 1.29 is 13.5 Å². The van der Waals surface area contributed by atoms with E-state index in [0.717, 1.165) is 52.2 Å². The van der Waals surface area contributed by atoms with Gasteiger partial charge in [0.15, 0.2) is 17.4 Å². The van der Waals surface area contributed by atoms with Crippen LogP contribution in [0, 0.1) is 11.6 Å². The number of ether oxygens (including phenoxy) is 1. The third kappa shape index (κ3) is 4.93. The van der Waals surface area contributed by atoms with E-state index in [0.29, 0.717) is 6.54 Å². The Labute approximate surface area is 216 Å². The average Bonchev–Trinajstić information content (AvgIpc) is 3.58. The van der Waals surface area contributed by atoms with Gasteiger partial charge >= 0.3 is 0 Å². The molecule has 5 rings (SSSR count). The fourth-order valence-electron chi connectivity index (χ4n) is 4.49. The topological polar surface area (TPSA) is 119 Å². The van der Waals surface area contributed by atoms with E-state index >= 15 is 4.39 Å². The first kappa shape index (κ1) is 24.9. The van der Waals surface area contributed by atoms with Crippen molar-refractivity contribution in [2.75, 3.05) is 37.0 Å². The molecule has 6 N–H and O–H groups in total. The van der Waals surface area contributed by atoms with Crippen LogP contribution >= 0.6 is 11.3 Å². The van der Waals surface area contributed by atoms with Gasteiger partial charge in [0.1, 0.15) is 12.4 Å². The lowest BCUT2D eigenvalue weighted by atomic mass is 10.0. The number of benzene rings is 2. The molecular formula is C26H27F2N7OS. The zero-order valence-electron chi connectivity index (χ0n) is 20.0. The highest BCUT2D eigenvalue weighted by atomic mass is 32.1. The van der Waals surface area contributed by atoms with Crippen LogP contribution in [0.3, 0.4) is 0 Å². The lowest BCUT2D eigenvalue weighted by Gasteiger charge is -2.22. The molecule has 1 saturated heterocycles. The summed E-state index contributed by atoms with van der Waals surface area (Å²) in [7, 11) is 0. The molecule has 8 nitrogen and oxygen atoms in total. The molecule has 3 heterocycles. The van der Waals surface area contributed by atoms with E-state index < -0.39 is 11.6 Å². The van der Waals surface area contributed by atoms with Gasteiger partial charge in [0.25, 0.3) is 0 Å². The molecule has 1 aliphatic heterocycles. The number of anilines is 2. The van der Waals surface area contributed by atoms with Crippen LogP contribution in [0.5, 0.6) is 5.75 Å². The largest absolute Gasteiger partial charge is 0.489 e. The molecule has 0 aliphatic carbocycles. The van der Waals surface area contributed by atoms with Crippen LogP contribution in [-0.2, 0) is 0 Å². The van der Waals surface area contributed by atoms with Crippen LogP contribution in [0.2, 0.25) is 0 Å². The summed E-state index contributed by atoms with van der Waals surface area (Å²) >= 11 is 1.60. The van der Waals surface area contributed by atoms with E-state index in [1.54, 1.807) is 23.6 Å². The highest BCUT2D eigenvalue weighted by molar-refractivity contribution is 7.17. The number of thiophene rings is 1. The Bertz CT molecular complexity index is 1450. The number of aromatic nitrogens is 1.